The first-order valence-electron chi connectivity index (χ1n) is 13.2. The fraction of sp³-hybridized carbons (Fsp3) is 0.387. The number of nitrogens with zero attached hydrogens (tertiary/aromatic N) is 2. The summed E-state index contributed by atoms with van der Waals surface area (Å²) in [7, 11) is 3.48. The number of fused-ring (bicyclic) bond motifs is 2. The Morgan fingerprint density at radius 1 is 1.05 bits per heavy atom. The van der Waals surface area contributed by atoms with E-state index >= 15 is 0 Å². The highest BCUT2D eigenvalue weighted by Crippen LogP contribution is 2.44. The lowest BCUT2D eigenvalue weighted by molar-refractivity contribution is -0.0790. The number of methoxy groups -OCH3 is 1. The molecule has 0 aliphatic carbocycles. The van der Waals surface area contributed by atoms with Gasteiger partial charge in [-0.15, -0.1) is 0 Å². The summed E-state index contributed by atoms with van der Waals surface area (Å²) in [5, 5.41) is 1.07. The van der Waals surface area contributed by atoms with Gasteiger partial charge in [-0.3, -0.25) is 4.79 Å². The summed E-state index contributed by atoms with van der Waals surface area (Å²) in [4.78, 5) is 17.5. The molecule has 1 saturated heterocycles. The van der Waals surface area contributed by atoms with Crippen LogP contribution in [-0.2, 0) is 16.9 Å². The number of likely N-dealkylation sites (N-methyl/N-ethyl adjacent to an activating group) is 1. The van der Waals surface area contributed by atoms with E-state index in [0.717, 1.165) is 50.2 Å². The maximum atomic E-state index is 13.2. The summed E-state index contributed by atoms with van der Waals surface area (Å²) in [6, 6.07) is 21.7. The van der Waals surface area contributed by atoms with Crippen LogP contribution in [0.3, 0.4) is 0 Å². The molecule has 1 unspecified atom stereocenters. The average molecular weight is 554 g/mol. The molecule has 5 nitrogen and oxygen atoms in total. The standard InChI is InChI=1S/C31H34Cl2N2O3/c1-34(30(36)22-7-10-26(37-2)11-8-22)20-24(23-9-12-28(32)29(33)19-23)13-16-35-17-14-31(15-18-35)27-6-4-3-5-25(27)21-38-31/h3-12,19,24H,13-18,20-21H2,1-2H3. The van der Waals surface area contributed by atoms with Gasteiger partial charge in [-0.2, -0.15) is 0 Å². The SMILES string of the molecule is COc1ccc(C(=O)N(C)CC(CCN2CCC3(CC2)OCc2ccccc23)c2ccc(Cl)c(Cl)c2)cc1. The highest BCUT2D eigenvalue weighted by molar-refractivity contribution is 6.42. The van der Waals surface area contributed by atoms with E-state index in [-0.39, 0.29) is 17.4 Å². The molecule has 200 valence electrons. The zero-order valence-electron chi connectivity index (χ0n) is 22.0. The van der Waals surface area contributed by atoms with Gasteiger partial charge < -0.3 is 19.3 Å². The van der Waals surface area contributed by atoms with E-state index in [9.17, 15) is 4.79 Å². The number of ether oxygens (including phenoxy) is 2. The van der Waals surface area contributed by atoms with E-state index in [1.54, 1.807) is 24.1 Å². The van der Waals surface area contributed by atoms with Crippen LogP contribution >= 0.6 is 23.2 Å². The van der Waals surface area contributed by atoms with E-state index in [1.165, 1.54) is 11.1 Å². The summed E-state index contributed by atoms with van der Waals surface area (Å²) in [6.07, 6.45) is 2.90. The van der Waals surface area contributed by atoms with Crippen molar-refractivity contribution in [3.63, 3.8) is 0 Å². The number of carbonyl (C=O) groups excluding carboxylic acids is 1. The van der Waals surface area contributed by atoms with Crippen LogP contribution in [0.15, 0.2) is 66.7 Å². The molecule has 0 radical (unpaired) electrons. The van der Waals surface area contributed by atoms with Crippen molar-refractivity contribution in [3.8, 4) is 5.75 Å². The number of hydrogen-bond donors (Lipinski definition) is 0. The first-order valence-corrected chi connectivity index (χ1v) is 13.9. The Balaban J connectivity index is 1.25. The van der Waals surface area contributed by atoms with Crippen LogP contribution in [0.2, 0.25) is 10.0 Å². The molecule has 1 amide bonds. The molecule has 1 fully saturated rings. The lowest BCUT2D eigenvalue weighted by atomic mass is 9.83. The van der Waals surface area contributed by atoms with Crippen molar-refractivity contribution in [3.05, 3.63) is 99.0 Å². The fourth-order valence-corrected chi connectivity index (χ4v) is 6.08. The summed E-state index contributed by atoms with van der Waals surface area (Å²) >= 11 is 12.6. The Hall–Kier alpha value is -2.57. The fourth-order valence-electron chi connectivity index (χ4n) is 5.77. The third-order valence-corrected chi connectivity index (χ3v) is 8.80. The number of likely N-dealkylation sites (tertiary alicyclic amines) is 1. The minimum atomic E-state index is -0.138. The van der Waals surface area contributed by atoms with Crippen LogP contribution in [0, 0.1) is 0 Å². The molecule has 0 saturated carbocycles. The van der Waals surface area contributed by atoms with Crippen molar-refractivity contribution in [2.24, 2.45) is 0 Å². The van der Waals surface area contributed by atoms with Gasteiger partial charge in [0.2, 0.25) is 0 Å². The van der Waals surface area contributed by atoms with Gasteiger partial charge in [-0.05, 0) is 78.9 Å². The molecule has 0 bridgehead atoms. The number of piperidine rings is 1. The van der Waals surface area contributed by atoms with Gasteiger partial charge in [-0.25, -0.2) is 0 Å². The van der Waals surface area contributed by atoms with Crippen molar-refractivity contribution in [2.45, 2.75) is 37.4 Å². The molecular formula is C31H34Cl2N2O3. The van der Waals surface area contributed by atoms with Crippen molar-refractivity contribution < 1.29 is 14.3 Å². The van der Waals surface area contributed by atoms with Crippen LogP contribution < -0.4 is 4.74 Å². The van der Waals surface area contributed by atoms with Gasteiger partial charge in [0.25, 0.3) is 5.91 Å². The molecule has 2 aliphatic rings. The minimum Gasteiger partial charge on any atom is -0.497 e. The minimum absolute atomic E-state index is 0.0188. The largest absolute Gasteiger partial charge is 0.497 e. The zero-order valence-corrected chi connectivity index (χ0v) is 23.5. The molecule has 7 heteroatoms. The summed E-state index contributed by atoms with van der Waals surface area (Å²) in [5.74, 6) is 0.832. The zero-order chi connectivity index (χ0) is 26.7. The first kappa shape index (κ1) is 27.0. The second kappa shape index (κ2) is 11.7. The van der Waals surface area contributed by atoms with Crippen LogP contribution in [0.1, 0.15) is 52.2 Å². The van der Waals surface area contributed by atoms with Gasteiger partial charge in [-0.1, -0.05) is 53.5 Å². The molecule has 3 aromatic carbocycles. The molecule has 5 rings (SSSR count). The smallest absolute Gasteiger partial charge is 0.253 e. The Labute approximate surface area is 235 Å². The highest BCUT2D eigenvalue weighted by Gasteiger charge is 2.42. The molecule has 1 atom stereocenters. The lowest BCUT2D eigenvalue weighted by Gasteiger charge is -2.40. The normalized spacial score (nSPS) is 17.3. The number of hydrogen-bond acceptors (Lipinski definition) is 4. The topological polar surface area (TPSA) is 42.0 Å². The van der Waals surface area contributed by atoms with Crippen molar-refractivity contribution in [1.82, 2.24) is 9.80 Å². The molecule has 1 spiro atoms. The molecule has 2 heterocycles. The third-order valence-electron chi connectivity index (χ3n) is 8.06. The predicted octanol–water partition coefficient (Wildman–Crippen LogP) is 6.77. The van der Waals surface area contributed by atoms with Crippen LogP contribution in [0.4, 0.5) is 0 Å². The van der Waals surface area contributed by atoms with Crippen molar-refractivity contribution >= 4 is 29.1 Å². The van der Waals surface area contributed by atoms with Crippen LogP contribution in [0.5, 0.6) is 5.75 Å². The maximum absolute atomic E-state index is 13.2. The quantitative estimate of drug-likeness (QED) is 0.309. The van der Waals surface area contributed by atoms with Crippen molar-refractivity contribution in [1.29, 1.82) is 0 Å². The van der Waals surface area contributed by atoms with E-state index in [1.807, 2.05) is 37.4 Å². The number of amides is 1. The van der Waals surface area contributed by atoms with Crippen molar-refractivity contribution in [2.75, 3.05) is 40.3 Å². The number of halogens is 2. The van der Waals surface area contributed by atoms with Crippen LogP contribution in [0.25, 0.3) is 0 Å². The lowest BCUT2D eigenvalue weighted by Crippen LogP contribution is -2.43. The van der Waals surface area contributed by atoms with Crippen LogP contribution in [-0.4, -0.2) is 56.0 Å². The summed E-state index contributed by atoms with van der Waals surface area (Å²) in [6.45, 7) is 4.21. The monoisotopic (exact) mass is 552 g/mol. The molecule has 0 N–H and O–H groups in total. The highest BCUT2D eigenvalue weighted by atomic mass is 35.5. The Morgan fingerprint density at radius 2 is 1.79 bits per heavy atom. The first-order chi connectivity index (χ1) is 18.4. The van der Waals surface area contributed by atoms with E-state index in [4.69, 9.17) is 32.7 Å². The van der Waals surface area contributed by atoms with Gasteiger partial charge in [0.05, 0.1) is 29.4 Å². The molecular weight excluding hydrogens is 519 g/mol. The van der Waals surface area contributed by atoms with Gasteiger partial charge in [0.15, 0.2) is 0 Å². The third kappa shape index (κ3) is 5.72. The molecule has 3 aromatic rings. The second-order valence-electron chi connectivity index (χ2n) is 10.4. The molecule has 2 aliphatic heterocycles. The van der Waals surface area contributed by atoms with Gasteiger partial charge >= 0.3 is 0 Å². The van der Waals surface area contributed by atoms with Gasteiger partial charge in [0.1, 0.15) is 5.75 Å². The Kier molecular flexibility index (Phi) is 8.29. The molecule has 38 heavy (non-hydrogen) atoms. The predicted molar refractivity (Wildman–Crippen MR) is 152 cm³/mol. The summed E-state index contributed by atoms with van der Waals surface area (Å²) < 4.78 is 11.6. The van der Waals surface area contributed by atoms with Gasteiger partial charge in [0, 0.05) is 38.2 Å². The summed E-state index contributed by atoms with van der Waals surface area (Å²) in [5.41, 5.74) is 4.29. The number of rotatable bonds is 8. The van der Waals surface area contributed by atoms with E-state index in [0.29, 0.717) is 28.8 Å². The Bertz CT molecular complexity index is 1270. The van der Waals surface area contributed by atoms with E-state index < -0.39 is 0 Å². The second-order valence-corrected chi connectivity index (χ2v) is 11.2. The number of benzene rings is 3. The average Bonchev–Trinajstić information content (AvgIpc) is 3.31. The maximum Gasteiger partial charge on any atom is 0.253 e. The molecule has 0 aromatic heterocycles. The number of carbonyl (C=O) groups is 1. The Morgan fingerprint density at radius 3 is 2.50 bits per heavy atom. The van der Waals surface area contributed by atoms with E-state index in [2.05, 4.69) is 29.2 Å².